The second kappa shape index (κ2) is 9.99. The van der Waals surface area contributed by atoms with Gasteiger partial charge in [-0.1, -0.05) is 23.3 Å². The van der Waals surface area contributed by atoms with E-state index in [0.29, 0.717) is 12.8 Å². The van der Waals surface area contributed by atoms with Crippen LogP contribution in [0.5, 0.6) is 11.5 Å². The van der Waals surface area contributed by atoms with Gasteiger partial charge in [0.05, 0.1) is 17.2 Å². The van der Waals surface area contributed by atoms with Gasteiger partial charge in [-0.05, 0) is 82.6 Å². The molecule has 2 atom stereocenters. The Morgan fingerprint density at radius 1 is 1.20 bits per heavy atom. The Hall–Kier alpha value is -1.82. The molecule has 0 saturated heterocycles. The summed E-state index contributed by atoms with van der Waals surface area (Å²) in [4.78, 5) is 23.8. The van der Waals surface area contributed by atoms with E-state index in [-0.39, 0.29) is 34.6 Å². The summed E-state index contributed by atoms with van der Waals surface area (Å²) >= 11 is 11.3. The smallest absolute Gasteiger partial charge is 0.256 e. The summed E-state index contributed by atoms with van der Waals surface area (Å²) in [5.74, 6) is -0.261. The Morgan fingerprint density at radius 2 is 1.87 bits per heavy atom. The molecule has 1 heterocycles. The molecule has 0 fully saturated rings. The number of carbonyl (C=O) groups is 2. The van der Waals surface area contributed by atoms with Crippen molar-refractivity contribution in [3.63, 3.8) is 0 Å². The monoisotopic (exact) mass is 454 g/mol. The molecule has 2 rings (SSSR count). The lowest BCUT2D eigenvalue weighted by atomic mass is 9.84. The van der Waals surface area contributed by atoms with Gasteiger partial charge in [0, 0.05) is 12.0 Å². The van der Waals surface area contributed by atoms with Crippen molar-refractivity contribution in [3.05, 3.63) is 46.1 Å². The van der Waals surface area contributed by atoms with E-state index >= 15 is 0 Å². The van der Waals surface area contributed by atoms with Gasteiger partial charge >= 0.3 is 0 Å². The van der Waals surface area contributed by atoms with Gasteiger partial charge in [0.25, 0.3) is 10.5 Å². The minimum Gasteiger partial charge on any atom is -0.508 e. The van der Waals surface area contributed by atoms with Crippen LogP contribution in [0.15, 0.2) is 29.4 Å². The summed E-state index contributed by atoms with van der Waals surface area (Å²) in [7, 11) is 0. The lowest BCUT2D eigenvalue weighted by molar-refractivity contribution is -0.0595. The largest absolute Gasteiger partial charge is 0.508 e. The molecule has 5 nitrogen and oxygen atoms in total. The number of allylic oxidation sites excluding steroid dienone is 4. The van der Waals surface area contributed by atoms with Gasteiger partial charge in [0.2, 0.25) is 0 Å². The topological polar surface area (TPSA) is 83.8 Å². The highest BCUT2D eigenvalue weighted by Gasteiger charge is 2.43. The molecular weight excluding hydrogens is 427 g/mol. The highest BCUT2D eigenvalue weighted by atomic mass is 35.5. The van der Waals surface area contributed by atoms with Gasteiger partial charge < -0.3 is 14.9 Å². The zero-order valence-electron chi connectivity index (χ0n) is 17.7. The minimum absolute atomic E-state index is 0.0102. The number of benzene rings is 1. The highest BCUT2D eigenvalue weighted by molar-refractivity contribution is 6.72. The van der Waals surface area contributed by atoms with Gasteiger partial charge in [0.1, 0.15) is 17.1 Å². The molecule has 164 valence electrons. The number of aliphatic hydroxyl groups is 1. The molecule has 0 amide bonds. The van der Waals surface area contributed by atoms with Crippen LogP contribution in [0.4, 0.5) is 0 Å². The van der Waals surface area contributed by atoms with E-state index in [1.807, 2.05) is 0 Å². The highest BCUT2D eigenvalue weighted by Crippen LogP contribution is 2.44. The van der Waals surface area contributed by atoms with E-state index in [4.69, 9.17) is 27.9 Å². The van der Waals surface area contributed by atoms with Crippen LogP contribution in [-0.4, -0.2) is 32.4 Å². The number of aliphatic hydroxyl groups excluding tert-OH is 1. The van der Waals surface area contributed by atoms with Crippen molar-refractivity contribution < 1.29 is 24.5 Å². The molecule has 0 radical (unpaired) electrons. The summed E-state index contributed by atoms with van der Waals surface area (Å²) in [6.45, 7) is 7.94. The first-order chi connectivity index (χ1) is 14.0. The normalized spacial score (nSPS) is 20.9. The fraction of sp³-hybridized carbons (Fsp3) is 0.478. The lowest BCUT2D eigenvalue weighted by Gasteiger charge is -2.40. The van der Waals surface area contributed by atoms with Crippen LogP contribution in [0.1, 0.15) is 79.7 Å². The van der Waals surface area contributed by atoms with Crippen molar-refractivity contribution >= 4 is 33.7 Å². The molecule has 1 aromatic rings. The zero-order chi connectivity index (χ0) is 22.6. The fourth-order valence-electron chi connectivity index (χ4n) is 3.57. The quantitative estimate of drug-likeness (QED) is 0.389. The summed E-state index contributed by atoms with van der Waals surface area (Å²) in [5.41, 5.74) is 1.34. The van der Waals surface area contributed by atoms with Crippen LogP contribution in [-0.2, 0) is 6.42 Å². The predicted octanol–water partition coefficient (Wildman–Crippen LogP) is 5.68. The van der Waals surface area contributed by atoms with Crippen molar-refractivity contribution in [2.24, 2.45) is 0 Å². The number of aromatic hydroxyl groups is 1. The zero-order valence-corrected chi connectivity index (χ0v) is 19.2. The van der Waals surface area contributed by atoms with Crippen LogP contribution in [0, 0.1) is 0 Å². The number of hydrogen-bond donors (Lipinski definition) is 2. The van der Waals surface area contributed by atoms with Crippen molar-refractivity contribution in [1.82, 2.24) is 0 Å². The molecule has 2 N–H and O–H groups in total. The fourth-order valence-corrected chi connectivity index (χ4v) is 3.91. The van der Waals surface area contributed by atoms with Gasteiger partial charge in [-0.25, -0.2) is 0 Å². The Kier molecular flexibility index (Phi) is 8.14. The number of phenols is 1. The van der Waals surface area contributed by atoms with Crippen LogP contribution in [0.2, 0.25) is 0 Å². The average Bonchev–Trinajstić information content (AvgIpc) is 2.62. The number of hydrogen-bond acceptors (Lipinski definition) is 5. The molecule has 1 aliphatic rings. The first-order valence-corrected chi connectivity index (χ1v) is 10.7. The Balaban J connectivity index is 2.27. The molecular formula is C23H28Cl2O5. The van der Waals surface area contributed by atoms with Gasteiger partial charge in [-0.2, -0.15) is 0 Å². The molecule has 0 saturated carbocycles. The third-order valence-corrected chi connectivity index (χ3v) is 5.82. The van der Waals surface area contributed by atoms with E-state index in [1.54, 1.807) is 6.92 Å². The lowest BCUT2D eigenvalue weighted by Crippen LogP contribution is -2.49. The van der Waals surface area contributed by atoms with Crippen molar-refractivity contribution in [2.75, 3.05) is 0 Å². The molecule has 0 aromatic heterocycles. The van der Waals surface area contributed by atoms with Crippen molar-refractivity contribution in [1.29, 1.82) is 0 Å². The van der Waals surface area contributed by atoms with E-state index < -0.39 is 22.2 Å². The van der Waals surface area contributed by atoms with Gasteiger partial charge in [-0.15, -0.1) is 0 Å². The molecule has 0 bridgehead atoms. The average molecular weight is 455 g/mol. The van der Waals surface area contributed by atoms with Gasteiger partial charge in [-0.3, -0.25) is 9.59 Å². The number of phenolic OH excluding ortho intramolecular Hbond substituents is 1. The number of halogens is 2. The number of rotatable bonds is 8. The van der Waals surface area contributed by atoms with Crippen LogP contribution < -0.4 is 4.74 Å². The number of ether oxygens (including phenoxy) is 1. The second-order valence-electron chi connectivity index (χ2n) is 8.22. The third-order valence-electron chi connectivity index (χ3n) is 5.43. The van der Waals surface area contributed by atoms with Crippen LogP contribution in [0.25, 0.3) is 0 Å². The molecule has 0 spiro atoms. The van der Waals surface area contributed by atoms with Crippen LogP contribution >= 0.6 is 23.2 Å². The molecule has 1 aromatic carbocycles. The summed E-state index contributed by atoms with van der Waals surface area (Å²) < 4.78 is 6.03. The van der Waals surface area contributed by atoms with E-state index in [1.165, 1.54) is 11.1 Å². The maximum atomic E-state index is 12.0. The molecule has 30 heavy (non-hydrogen) atoms. The molecule has 1 aliphatic heterocycles. The number of carbonyl (C=O) groups excluding carboxylic acids is 2. The van der Waals surface area contributed by atoms with E-state index in [9.17, 15) is 19.8 Å². The van der Waals surface area contributed by atoms with Crippen molar-refractivity contribution in [2.45, 2.75) is 71.5 Å². The van der Waals surface area contributed by atoms with Crippen molar-refractivity contribution in [3.8, 4) is 11.5 Å². The van der Waals surface area contributed by atoms with Crippen LogP contribution in [0.3, 0.4) is 0 Å². The summed E-state index contributed by atoms with van der Waals surface area (Å²) in [6, 6.07) is 1.08. The third kappa shape index (κ3) is 5.65. The molecule has 2 unspecified atom stereocenters. The summed E-state index contributed by atoms with van der Waals surface area (Å²) in [5, 5.41) is 19.1. The second-order valence-corrected chi connectivity index (χ2v) is 8.90. The Labute approximate surface area is 187 Å². The SMILES string of the molecule is CC(C)=CCC/C(C)=C/CCC1(C)Oc2c(c(O)cc(C(=O)Cl)c2C(=O)Cl)CC1O. The van der Waals surface area contributed by atoms with E-state index in [0.717, 1.165) is 18.9 Å². The molecule has 7 heteroatoms. The Bertz CT molecular complexity index is 899. The maximum Gasteiger partial charge on any atom is 0.256 e. The summed E-state index contributed by atoms with van der Waals surface area (Å²) in [6.07, 6.45) is 6.52. The first kappa shape index (κ1) is 24.4. The predicted molar refractivity (Wildman–Crippen MR) is 119 cm³/mol. The maximum absolute atomic E-state index is 12.0. The molecule has 0 aliphatic carbocycles. The minimum atomic E-state index is -1.02. The first-order valence-electron chi connectivity index (χ1n) is 9.91. The standard InChI is InChI=1S/C23H28Cl2O5/c1-13(2)7-5-8-14(3)9-6-10-23(4)18(27)12-15-17(26)11-16(21(24)28)19(22(25)29)20(15)30-23/h7,9,11,18,26-27H,5-6,8,10,12H2,1-4H3/b14-9+. The van der Waals surface area contributed by atoms with Gasteiger partial charge in [0.15, 0.2) is 0 Å². The number of fused-ring (bicyclic) bond motifs is 1. The Morgan fingerprint density at radius 3 is 2.43 bits per heavy atom. The van der Waals surface area contributed by atoms with E-state index in [2.05, 4.69) is 32.9 Å².